The van der Waals surface area contributed by atoms with Crippen molar-refractivity contribution in [2.45, 2.75) is 38.5 Å². The number of rotatable bonds is 6. The van der Waals surface area contributed by atoms with Crippen LogP contribution in [-0.4, -0.2) is 25.9 Å². The standard InChI is InChI=1S/C14H19F2NO2/c1-10(17-9-13-3-2-8-18-13)11-4-6-12(7-5-11)19-14(15)16/h4-7,10,13-14,17H,2-3,8-9H2,1H3. The monoisotopic (exact) mass is 271 g/mol. The molecule has 1 saturated heterocycles. The van der Waals surface area contributed by atoms with Crippen LogP contribution >= 0.6 is 0 Å². The Labute approximate surface area is 111 Å². The lowest BCUT2D eigenvalue weighted by atomic mass is 10.1. The predicted molar refractivity (Wildman–Crippen MR) is 68.5 cm³/mol. The maximum atomic E-state index is 12.0. The van der Waals surface area contributed by atoms with Gasteiger partial charge in [0.15, 0.2) is 0 Å². The van der Waals surface area contributed by atoms with Gasteiger partial charge in [0.25, 0.3) is 0 Å². The second kappa shape index (κ2) is 6.82. The minimum absolute atomic E-state index is 0.157. The zero-order chi connectivity index (χ0) is 13.7. The van der Waals surface area contributed by atoms with Gasteiger partial charge in [-0.15, -0.1) is 0 Å². The summed E-state index contributed by atoms with van der Waals surface area (Å²) >= 11 is 0. The SMILES string of the molecule is CC(NCC1CCCO1)c1ccc(OC(F)F)cc1. The average Bonchev–Trinajstić information content (AvgIpc) is 2.89. The van der Waals surface area contributed by atoms with E-state index in [0.29, 0.717) is 6.10 Å². The topological polar surface area (TPSA) is 30.5 Å². The molecule has 0 saturated carbocycles. The molecule has 1 aromatic rings. The molecule has 2 rings (SSSR count). The Bertz CT molecular complexity index is 378. The van der Waals surface area contributed by atoms with Gasteiger partial charge in [-0.05, 0) is 37.5 Å². The van der Waals surface area contributed by atoms with Crippen LogP contribution in [0.1, 0.15) is 31.4 Å². The van der Waals surface area contributed by atoms with Gasteiger partial charge in [-0.2, -0.15) is 8.78 Å². The Balaban J connectivity index is 1.82. The number of benzene rings is 1. The van der Waals surface area contributed by atoms with Crippen LogP contribution in [0, 0.1) is 0 Å². The molecule has 1 fully saturated rings. The first-order valence-corrected chi connectivity index (χ1v) is 6.55. The van der Waals surface area contributed by atoms with Gasteiger partial charge in [-0.25, -0.2) is 0 Å². The molecule has 3 nitrogen and oxygen atoms in total. The molecule has 1 aromatic carbocycles. The summed E-state index contributed by atoms with van der Waals surface area (Å²) in [6.45, 7) is 0.926. The molecular formula is C14H19F2NO2. The minimum atomic E-state index is -2.78. The molecule has 0 radical (unpaired) electrons. The molecule has 0 bridgehead atoms. The number of ether oxygens (including phenoxy) is 2. The van der Waals surface area contributed by atoms with E-state index in [1.165, 1.54) is 0 Å². The third kappa shape index (κ3) is 4.44. The quantitative estimate of drug-likeness (QED) is 0.862. The first kappa shape index (κ1) is 14.2. The lowest BCUT2D eigenvalue weighted by Gasteiger charge is -2.17. The second-order valence-electron chi connectivity index (χ2n) is 4.71. The summed E-state index contributed by atoms with van der Waals surface area (Å²) in [5.41, 5.74) is 1.04. The molecule has 0 amide bonds. The maximum absolute atomic E-state index is 12.0. The van der Waals surface area contributed by atoms with Crippen molar-refractivity contribution in [3.63, 3.8) is 0 Å². The largest absolute Gasteiger partial charge is 0.435 e. The van der Waals surface area contributed by atoms with Crippen molar-refractivity contribution in [2.75, 3.05) is 13.2 Å². The number of nitrogens with one attached hydrogen (secondary N) is 1. The zero-order valence-electron chi connectivity index (χ0n) is 10.9. The Kier molecular flexibility index (Phi) is 5.10. The second-order valence-corrected chi connectivity index (χ2v) is 4.71. The molecule has 0 spiro atoms. The molecule has 2 atom stereocenters. The van der Waals surface area contributed by atoms with Crippen LogP contribution in [0.2, 0.25) is 0 Å². The number of alkyl halides is 2. The third-order valence-electron chi connectivity index (χ3n) is 3.28. The van der Waals surface area contributed by atoms with Gasteiger partial charge in [-0.1, -0.05) is 12.1 Å². The molecule has 1 aliphatic rings. The van der Waals surface area contributed by atoms with E-state index in [4.69, 9.17) is 4.74 Å². The third-order valence-corrected chi connectivity index (χ3v) is 3.28. The lowest BCUT2D eigenvalue weighted by Crippen LogP contribution is -2.28. The lowest BCUT2D eigenvalue weighted by molar-refractivity contribution is -0.0498. The molecule has 0 aliphatic carbocycles. The highest BCUT2D eigenvalue weighted by molar-refractivity contribution is 5.28. The highest BCUT2D eigenvalue weighted by atomic mass is 19.3. The Morgan fingerprint density at radius 2 is 2.11 bits per heavy atom. The molecule has 1 N–H and O–H groups in total. The van der Waals surface area contributed by atoms with Crippen LogP contribution in [0.4, 0.5) is 8.78 Å². The van der Waals surface area contributed by atoms with Gasteiger partial charge in [0, 0.05) is 19.2 Å². The highest BCUT2D eigenvalue weighted by Gasteiger charge is 2.16. The van der Waals surface area contributed by atoms with E-state index in [2.05, 4.69) is 10.1 Å². The van der Waals surface area contributed by atoms with Crippen LogP contribution in [0.3, 0.4) is 0 Å². The van der Waals surface area contributed by atoms with Crippen molar-refractivity contribution in [3.8, 4) is 5.75 Å². The van der Waals surface area contributed by atoms with Crippen molar-refractivity contribution < 1.29 is 18.3 Å². The van der Waals surface area contributed by atoms with Gasteiger partial charge in [-0.3, -0.25) is 0 Å². The van der Waals surface area contributed by atoms with Gasteiger partial charge >= 0.3 is 6.61 Å². The van der Waals surface area contributed by atoms with Crippen molar-refractivity contribution in [1.82, 2.24) is 5.32 Å². The van der Waals surface area contributed by atoms with Crippen LogP contribution in [-0.2, 0) is 4.74 Å². The number of halogens is 2. The molecule has 1 heterocycles. The van der Waals surface area contributed by atoms with Crippen molar-refractivity contribution in [2.24, 2.45) is 0 Å². The van der Waals surface area contributed by atoms with E-state index < -0.39 is 6.61 Å². The van der Waals surface area contributed by atoms with Gasteiger partial charge in [0.1, 0.15) is 5.75 Å². The minimum Gasteiger partial charge on any atom is -0.435 e. The fourth-order valence-electron chi connectivity index (χ4n) is 2.17. The first-order valence-electron chi connectivity index (χ1n) is 6.55. The number of hydrogen-bond donors (Lipinski definition) is 1. The van der Waals surface area contributed by atoms with E-state index in [-0.39, 0.29) is 11.8 Å². The summed E-state index contributed by atoms with van der Waals surface area (Å²) in [7, 11) is 0. The fraction of sp³-hybridized carbons (Fsp3) is 0.571. The Hall–Kier alpha value is -1.20. The van der Waals surface area contributed by atoms with E-state index in [1.807, 2.05) is 6.92 Å². The first-order chi connectivity index (χ1) is 9.15. The molecule has 19 heavy (non-hydrogen) atoms. The van der Waals surface area contributed by atoms with Crippen molar-refractivity contribution in [3.05, 3.63) is 29.8 Å². The summed E-state index contributed by atoms with van der Waals surface area (Å²) in [5.74, 6) is 0.185. The normalized spacial score (nSPS) is 20.7. The Morgan fingerprint density at radius 3 is 2.68 bits per heavy atom. The van der Waals surface area contributed by atoms with Crippen LogP contribution in [0.15, 0.2) is 24.3 Å². The summed E-state index contributed by atoms with van der Waals surface area (Å²) < 4.78 is 33.9. The molecule has 106 valence electrons. The van der Waals surface area contributed by atoms with E-state index in [0.717, 1.165) is 31.6 Å². The van der Waals surface area contributed by atoms with Crippen LogP contribution in [0.25, 0.3) is 0 Å². The Morgan fingerprint density at radius 1 is 1.37 bits per heavy atom. The number of hydrogen-bond acceptors (Lipinski definition) is 3. The fourth-order valence-corrected chi connectivity index (χ4v) is 2.17. The molecule has 1 aliphatic heterocycles. The van der Waals surface area contributed by atoms with E-state index in [9.17, 15) is 8.78 Å². The summed E-state index contributed by atoms with van der Waals surface area (Å²) in [4.78, 5) is 0. The smallest absolute Gasteiger partial charge is 0.387 e. The summed E-state index contributed by atoms with van der Waals surface area (Å²) in [6.07, 6.45) is 2.52. The average molecular weight is 271 g/mol. The van der Waals surface area contributed by atoms with Crippen LogP contribution in [0.5, 0.6) is 5.75 Å². The van der Waals surface area contributed by atoms with Crippen molar-refractivity contribution in [1.29, 1.82) is 0 Å². The predicted octanol–water partition coefficient (Wildman–Crippen LogP) is 3.12. The molecular weight excluding hydrogens is 252 g/mol. The molecule has 0 aromatic heterocycles. The van der Waals surface area contributed by atoms with Gasteiger partial charge < -0.3 is 14.8 Å². The van der Waals surface area contributed by atoms with Crippen molar-refractivity contribution >= 4 is 0 Å². The van der Waals surface area contributed by atoms with E-state index >= 15 is 0 Å². The molecule has 5 heteroatoms. The van der Waals surface area contributed by atoms with Crippen LogP contribution < -0.4 is 10.1 Å². The highest BCUT2D eigenvalue weighted by Crippen LogP contribution is 2.19. The summed E-state index contributed by atoms with van der Waals surface area (Å²) in [5, 5.41) is 3.39. The van der Waals surface area contributed by atoms with Gasteiger partial charge in [0.05, 0.1) is 6.10 Å². The molecule has 2 unspecified atom stereocenters. The zero-order valence-corrected chi connectivity index (χ0v) is 10.9. The van der Waals surface area contributed by atoms with Gasteiger partial charge in [0.2, 0.25) is 0 Å². The summed E-state index contributed by atoms with van der Waals surface area (Å²) in [6, 6.07) is 6.87. The maximum Gasteiger partial charge on any atom is 0.387 e. The van der Waals surface area contributed by atoms with E-state index in [1.54, 1.807) is 24.3 Å².